The zero-order valence-electron chi connectivity index (χ0n) is 7.48. The van der Waals surface area contributed by atoms with E-state index in [9.17, 15) is 0 Å². The van der Waals surface area contributed by atoms with Gasteiger partial charge in [0.05, 0.1) is 6.04 Å². The minimum Gasteiger partial charge on any atom is -0.369 e. The second kappa shape index (κ2) is 5.00. The summed E-state index contributed by atoms with van der Waals surface area (Å²) in [5, 5.41) is 16.5. The van der Waals surface area contributed by atoms with E-state index in [1.165, 1.54) is 19.3 Å². The quantitative estimate of drug-likeness (QED) is 0.282. The smallest absolute Gasteiger partial charge is 0.207 e. The molecular weight excluding hydrogens is 172 g/mol. The number of nitrogens with one attached hydrogen (secondary N) is 1. The highest BCUT2D eigenvalue weighted by atomic mass is 16.8. The summed E-state index contributed by atoms with van der Waals surface area (Å²) >= 11 is 0. The fraction of sp³-hybridized carbons (Fsp3) is 0.857. The van der Waals surface area contributed by atoms with Gasteiger partial charge in [0, 0.05) is 5.34 Å². The first-order valence-electron chi connectivity index (χ1n) is 4.46. The number of hydrogen-bond donors (Lipinski definition) is 4. The van der Waals surface area contributed by atoms with Crippen LogP contribution in [-0.4, -0.2) is 27.8 Å². The van der Waals surface area contributed by atoms with Crippen molar-refractivity contribution in [2.45, 2.75) is 38.1 Å². The minimum atomic E-state index is -0.193. The van der Waals surface area contributed by atoms with Crippen molar-refractivity contribution < 1.29 is 10.4 Å². The lowest BCUT2D eigenvalue weighted by Gasteiger charge is -2.18. The topological polar surface area (TPSA) is 94.1 Å². The molecule has 1 rings (SSSR count). The Bertz CT molecular complexity index is 177. The molecule has 76 valence electrons. The van der Waals surface area contributed by atoms with Gasteiger partial charge in [-0.25, -0.2) is 10.4 Å². The fourth-order valence-corrected chi connectivity index (χ4v) is 1.54. The Morgan fingerprint density at radius 1 is 1.31 bits per heavy atom. The van der Waals surface area contributed by atoms with Crippen molar-refractivity contribution in [1.29, 1.82) is 0 Å². The number of nitrogens with two attached hydrogens (primary N) is 1. The normalized spacial score (nSPS) is 20.7. The maximum absolute atomic E-state index is 8.37. The highest BCUT2D eigenvalue weighted by Gasteiger charge is 2.12. The van der Waals surface area contributed by atoms with Gasteiger partial charge in [-0.1, -0.05) is 19.3 Å². The lowest BCUT2D eigenvalue weighted by Crippen LogP contribution is -2.42. The Morgan fingerprint density at radius 2 is 1.92 bits per heavy atom. The average molecular weight is 188 g/mol. The van der Waals surface area contributed by atoms with E-state index in [-0.39, 0.29) is 17.3 Å². The number of nitrogens with zero attached hydrogens (tertiary/aromatic N) is 2. The van der Waals surface area contributed by atoms with Gasteiger partial charge in [0.2, 0.25) is 5.96 Å². The summed E-state index contributed by atoms with van der Waals surface area (Å²) in [6.07, 6.45) is 5.65. The molecule has 1 fully saturated rings. The van der Waals surface area contributed by atoms with E-state index >= 15 is 0 Å². The molecule has 0 amide bonds. The van der Waals surface area contributed by atoms with Gasteiger partial charge in [-0.05, 0) is 12.8 Å². The van der Waals surface area contributed by atoms with Crippen molar-refractivity contribution in [3.8, 4) is 0 Å². The predicted octanol–water partition coefficient (Wildman–Crippen LogP) is 0.219. The molecule has 1 aliphatic rings. The van der Waals surface area contributed by atoms with Crippen LogP contribution >= 0.6 is 0 Å². The van der Waals surface area contributed by atoms with Crippen LogP contribution < -0.4 is 11.2 Å². The van der Waals surface area contributed by atoms with E-state index < -0.39 is 0 Å². The summed E-state index contributed by atoms with van der Waals surface area (Å²) < 4.78 is 0. The highest BCUT2D eigenvalue weighted by Crippen LogP contribution is 2.19. The standard InChI is InChI=1S/C7H16N4O2/c8-7(10-11(12)13)9-6-4-2-1-3-5-6/h6,12-13H,1-5H2,(H3,8,9,10). The van der Waals surface area contributed by atoms with E-state index in [1.54, 1.807) is 0 Å². The number of aliphatic imine (C=N–C) groups is 1. The molecule has 0 bridgehead atoms. The van der Waals surface area contributed by atoms with E-state index in [2.05, 4.69) is 10.4 Å². The van der Waals surface area contributed by atoms with Crippen LogP contribution in [0.5, 0.6) is 0 Å². The van der Waals surface area contributed by atoms with Crippen molar-refractivity contribution >= 4 is 5.96 Å². The van der Waals surface area contributed by atoms with Gasteiger partial charge in [-0.15, -0.1) is 0 Å². The number of hydrazine groups is 1. The van der Waals surface area contributed by atoms with Gasteiger partial charge in [0.1, 0.15) is 0 Å². The van der Waals surface area contributed by atoms with Crippen molar-refractivity contribution in [2.24, 2.45) is 10.7 Å². The Kier molecular flexibility index (Phi) is 3.94. The van der Waals surface area contributed by atoms with E-state index in [1.807, 2.05) is 0 Å². The van der Waals surface area contributed by atoms with Crippen molar-refractivity contribution in [1.82, 2.24) is 10.8 Å². The van der Waals surface area contributed by atoms with Crippen molar-refractivity contribution in [3.05, 3.63) is 0 Å². The van der Waals surface area contributed by atoms with Crippen LogP contribution in [0.15, 0.2) is 4.99 Å². The second-order valence-electron chi connectivity index (χ2n) is 3.21. The van der Waals surface area contributed by atoms with Gasteiger partial charge in [0.25, 0.3) is 0 Å². The largest absolute Gasteiger partial charge is 0.369 e. The molecule has 6 heteroatoms. The Balaban J connectivity index is 2.34. The lowest BCUT2D eigenvalue weighted by atomic mass is 9.96. The highest BCUT2D eigenvalue weighted by molar-refractivity contribution is 5.77. The Morgan fingerprint density at radius 3 is 2.46 bits per heavy atom. The van der Waals surface area contributed by atoms with E-state index in [0.29, 0.717) is 0 Å². The van der Waals surface area contributed by atoms with Crippen LogP contribution in [0, 0.1) is 0 Å². The minimum absolute atomic E-state index is 0.0388. The molecule has 0 aromatic heterocycles. The lowest BCUT2D eigenvalue weighted by molar-refractivity contribution is -0.329. The first-order chi connectivity index (χ1) is 6.18. The Hall–Kier alpha value is -0.850. The maximum atomic E-state index is 8.37. The molecule has 0 aliphatic heterocycles. The average Bonchev–Trinajstić information content (AvgIpc) is 2.04. The van der Waals surface area contributed by atoms with E-state index in [0.717, 1.165) is 12.8 Å². The summed E-state index contributed by atoms with van der Waals surface area (Å²) in [6, 6.07) is 0.223. The number of guanidine groups is 1. The fourth-order valence-electron chi connectivity index (χ4n) is 1.54. The molecule has 0 saturated heterocycles. The van der Waals surface area contributed by atoms with Crippen LogP contribution in [0.4, 0.5) is 0 Å². The van der Waals surface area contributed by atoms with E-state index in [4.69, 9.17) is 16.1 Å². The van der Waals surface area contributed by atoms with Gasteiger partial charge in [-0.2, -0.15) is 0 Å². The van der Waals surface area contributed by atoms with Crippen LogP contribution in [0.25, 0.3) is 0 Å². The molecule has 1 saturated carbocycles. The molecule has 0 aromatic carbocycles. The van der Waals surface area contributed by atoms with Crippen molar-refractivity contribution in [3.63, 3.8) is 0 Å². The molecule has 6 nitrogen and oxygen atoms in total. The number of rotatable bonds is 2. The van der Waals surface area contributed by atoms with Gasteiger partial charge in [-0.3, -0.25) is 10.4 Å². The molecule has 0 heterocycles. The molecule has 0 atom stereocenters. The Labute approximate surface area is 76.9 Å². The third-order valence-electron chi connectivity index (χ3n) is 2.11. The van der Waals surface area contributed by atoms with Crippen LogP contribution in [-0.2, 0) is 0 Å². The summed E-state index contributed by atoms with van der Waals surface area (Å²) in [5.41, 5.74) is 7.44. The SMILES string of the molecule is NC(=NC1CCCCC1)NN(O)O. The van der Waals surface area contributed by atoms with Crippen molar-refractivity contribution in [2.75, 3.05) is 0 Å². The monoisotopic (exact) mass is 188 g/mol. The third kappa shape index (κ3) is 4.07. The summed E-state index contributed by atoms with van der Waals surface area (Å²) in [4.78, 5) is 4.10. The first-order valence-corrected chi connectivity index (χ1v) is 4.46. The first kappa shape index (κ1) is 10.2. The summed E-state index contributed by atoms with van der Waals surface area (Å²) in [5.74, 6) is 0.0388. The van der Waals surface area contributed by atoms with Crippen LogP contribution in [0.3, 0.4) is 0 Å². The predicted molar refractivity (Wildman–Crippen MR) is 47.0 cm³/mol. The maximum Gasteiger partial charge on any atom is 0.207 e. The summed E-state index contributed by atoms with van der Waals surface area (Å²) in [7, 11) is 0. The molecule has 0 unspecified atom stereocenters. The zero-order valence-corrected chi connectivity index (χ0v) is 7.48. The summed E-state index contributed by atoms with van der Waals surface area (Å²) in [6.45, 7) is 0. The third-order valence-corrected chi connectivity index (χ3v) is 2.11. The van der Waals surface area contributed by atoms with Gasteiger partial charge in [0.15, 0.2) is 0 Å². The molecule has 0 radical (unpaired) electrons. The molecular formula is C7H16N4O2. The zero-order chi connectivity index (χ0) is 9.68. The molecule has 1 aliphatic carbocycles. The van der Waals surface area contributed by atoms with Gasteiger partial charge < -0.3 is 5.73 Å². The second-order valence-corrected chi connectivity index (χ2v) is 3.21. The number of hydrogen-bond acceptors (Lipinski definition) is 4. The molecule has 5 N–H and O–H groups in total. The molecule has 0 aromatic rings. The van der Waals surface area contributed by atoms with Crippen LogP contribution in [0.2, 0.25) is 0 Å². The van der Waals surface area contributed by atoms with Crippen LogP contribution in [0.1, 0.15) is 32.1 Å². The van der Waals surface area contributed by atoms with Gasteiger partial charge >= 0.3 is 0 Å². The molecule has 0 spiro atoms. The molecule has 13 heavy (non-hydrogen) atoms.